The van der Waals surface area contributed by atoms with E-state index in [0.29, 0.717) is 12.1 Å². The minimum absolute atomic E-state index is 0.666. The summed E-state index contributed by atoms with van der Waals surface area (Å²) in [4.78, 5) is 2.08. The molecule has 0 heterocycles. The van der Waals surface area contributed by atoms with E-state index in [1.807, 2.05) is 44.3 Å². The molecule has 0 aromatic heterocycles. The van der Waals surface area contributed by atoms with Crippen LogP contribution in [-0.2, 0) is 6.54 Å². The number of rotatable bonds is 3. The number of nitriles is 1. The fraction of sp³-hybridized carbons (Fsp3) is 0.188. The first-order valence-electron chi connectivity index (χ1n) is 6.06. The van der Waals surface area contributed by atoms with Crippen LogP contribution in [0.2, 0.25) is 5.02 Å². The number of anilines is 1. The maximum Gasteiger partial charge on any atom is 0.0992 e. The van der Waals surface area contributed by atoms with Gasteiger partial charge < -0.3 is 4.90 Å². The van der Waals surface area contributed by atoms with Gasteiger partial charge >= 0.3 is 0 Å². The number of hydrogen-bond donors (Lipinski definition) is 0. The molecule has 0 aliphatic carbocycles. The van der Waals surface area contributed by atoms with Crippen LogP contribution in [0.25, 0.3) is 0 Å². The molecule has 0 radical (unpaired) electrons. The molecule has 0 amide bonds. The highest BCUT2D eigenvalue weighted by molar-refractivity contribution is 6.31. The standard InChI is InChI=1S/C16H15ClN2/c1-12-6-7-14(16(17)8-12)11-19(2)15-5-3-4-13(9-15)10-18/h3-9H,11H2,1-2H3. The van der Waals surface area contributed by atoms with Gasteiger partial charge in [0.15, 0.2) is 0 Å². The average molecular weight is 271 g/mol. The van der Waals surface area contributed by atoms with Gasteiger partial charge in [-0.1, -0.05) is 29.8 Å². The lowest BCUT2D eigenvalue weighted by molar-refractivity contribution is 0.922. The third-order valence-electron chi connectivity index (χ3n) is 3.03. The smallest absolute Gasteiger partial charge is 0.0992 e. The zero-order valence-electron chi connectivity index (χ0n) is 11.0. The molecular formula is C16H15ClN2. The first-order valence-corrected chi connectivity index (χ1v) is 6.44. The van der Waals surface area contributed by atoms with Crippen molar-refractivity contribution in [3.63, 3.8) is 0 Å². The van der Waals surface area contributed by atoms with Gasteiger partial charge in [-0.25, -0.2) is 0 Å². The molecule has 0 fully saturated rings. The molecule has 0 N–H and O–H groups in total. The van der Waals surface area contributed by atoms with Gasteiger partial charge in [0.1, 0.15) is 0 Å². The normalized spacial score (nSPS) is 10.0. The van der Waals surface area contributed by atoms with Crippen LogP contribution in [0.1, 0.15) is 16.7 Å². The highest BCUT2D eigenvalue weighted by Gasteiger charge is 2.06. The summed E-state index contributed by atoms with van der Waals surface area (Å²) in [5, 5.41) is 9.70. The number of halogens is 1. The summed E-state index contributed by atoms with van der Waals surface area (Å²) < 4.78 is 0. The van der Waals surface area contributed by atoms with E-state index < -0.39 is 0 Å². The number of benzene rings is 2. The summed E-state index contributed by atoms with van der Waals surface area (Å²) >= 11 is 6.24. The lowest BCUT2D eigenvalue weighted by Gasteiger charge is -2.20. The fourth-order valence-corrected chi connectivity index (χ4v) is 2.24. The van der Waals surface area contributed by atoms with E-state index in [9.17, 15) is 0 Å². The Morgan fingerprint density at radius 2 is 2.00 bits per heavy atom. The largest absolute Gasteiger partial charge is 0.370 e. The Morgan fingerprint density at radius 1 is 1.21 bits per heavy atom. The molecule has 19 heavy (non-hydrogen) atoms. The van der Waals surface area contributed by atoms with Crippen molar-refractivity contribution >= 4 is 17.3 Å². The molecule has 2 rings (SSSR count). The molecule has 96 valence electrons. The molecule has 0 aliphatic heterocycles. The average Bonchev–Trinajstić information content (AvgIpc) is 2.42. The Hall–Kier alpha value is -1.98. The van der Waals surface area contributed by atoms with E-state index in [-0.39, 0.29) is 0 Å². The Bertz CT molecular complexity index is 629. The second-order valence-electron chi connectivity index (χ2n) is 4.61. The highest BCUT2D eigenvalue weighted by Crippen LogP contribution is 2.22. The Labute approximate surface area is 118 Å². The van der Waals surface area contributed by atoms with Gasteiger partial charge in [-0.05, 0) is 42.3 Å². The van der Waals surface area contributed by atoms with Gasteiger partial charge in [0.25, 0.3) is 0 Å². The van der Waals surface area contributed by atoms with Crippen LogP contribution >= 0.6 is 11.6 Å². The van der Waals surface area contributed by atoms with Crippen molar-refractivity contribution in [1.82, 2.24) is 0 Å². The van der Waals surface area contributed by atoms with E-state index in [1.165, 1.54) is 0 Å². The van der Waals surface area contributed by atoms with Crippen molar-refractivity contribution in [2.45, 2.75) is 13.5 Å². The number of aryl methyl sites for hydroxylation is 1. The predicted molar refractivity (Wildman–Crippen MR) is 79.5 cm³/mol. The summed E-state index contributed by atoms with van der Waals surface area (Å²) in [6, 6.07) is 15.8. The van der Waals surface area contributed by atoms with Crippen molar-refractivity contribution in [2.24, 2.45) is 0 Å². The van der Waals surface area contributed by atoms with Crippen molar-refractivity contribution in [3.8, 4) is 6.07 Å². The topological polar surface area (TPSA) is 27.0 Å². The zero-order valence-corrected chi connectivity index (χ0v) is 11.8. The van der Waals surface area contributed by atoms with Crippen molar-refractivity contribution in [3.05, 3.63) is 64.2 Å². The second kappa shape index (κ2) is 5.77. The molecule has 0 saturated carbocycles. The van der Waals surface area contributed by atoms with Gasteiger partial charge in [-0.2, -0.15) is 5.26 Å². The first-order chi connectivity index (χ1) is 9.10. The van der Waals surface area contributed by atoms with Crippen molar-refractivity contribution in [1.29, 1.82) is 5.26 Å². The van der Waals surface area contributed by atoms with Gasteiger partial charge in [-0.3, -0.25) is 0 Å². The van der Waals surface area contributed by atoms with Gasteiger partial charge in [0.2, 0.25) is 0 Å². The second-order valence-corrected chi connectivity index (χ2v) is 5.02. The molecule has 2 nitrogen and oxygen atoms in total. The quantitative estimate of drug-likeness (QED) is 0.837. The molecule has 0 atom stereocenters. The van der Waals surface area contributed by atoms with Crippen LogP contribution in [0.4, 0.5) is 5.69 Å². The van der Waals surface area contributed by atoms with E-state index >= 15 is 0 Å². The van der Waals surface area contributed by atoms with E-state index in [1.54, 1.807) is 6.07 Å². The summed E-state index contributed by atoms with van der Waals surface area (Å²) in [5.41, 5.74) is 3.91. The summed E-state index contributed by atoms with van der Waals surface area (Å²) in [5.74, 6) is 0. The van der Waals surface area contributed by atoms with Crippen molar-refractivity contribution < 1.29 is 0 Å². The van der Waals surface area contributed by atoms with Crippen LogP contribution in [-0.4, -0.2) is 7.05 Å². The minimum Gasteiger partial charge on any atom is -0.370 e. The molecule has 0 saturated heterocycles. The Morgan fingerprint density at radius 3 is 2.68 bits per heavy atom. The van der Waals surface area contributed by atoms with E-state index in [4.69, 9.17) is 16.9 Å². The maximum absolute atomic E-state index is 8.92. The summed E-state index contributed by atoms with van der Waals surface area (Å²) in [7, 11) is 1.99. The van der Waals surface area contributed by atoms with Crippen LogP contribution in [0, 0.1) is 18.3 Å². The Kier molecular flexibility index (Phi) is 4.09. The summed E-state index contributed by atoms with van der Waals surface area (Å²) in [6.07, 6.45) is 0. The van der Waals surface area contributed by atoms with Crippen LogP contribution < -0.4 is 4.90 Å². The minimum atomic E-state index is 0.666. The molecule has 0 bridgehead atoms. The lowest BCUT2D eigenvalue weighted by atomic mass is 10.1. The van der Waals surface area contributed by atoms with E-state index in [0.717, 1.165) is 21.8 Å². The molecule has 3 heteroatoms. The van der Waals surface area contributed by atoms with Crippen molar-refractivity contribution in [2.75, 3.05) is 11.9 Å². The third-order valence-corrected chi connectivity index (χ3v) is 3.38. The van der Waals surface area contributed by atoms with Gasteiger partial charge in [-0.15, -0.1) is 0 Å². The molecule has 0 spiro atoms. The Balaban J connectivity index is 2.20. The first kappa shape index (κ1) is 13.5. The van der Waals surface area contributed by atoms with Gasteiger partial charge in [0.05, 0.1) is 11.6 Å². The molecule has 0 aliphatic rings. The van der Waals surface area contributed by atoms with Gasteiger partial charge in [0, 0.05) is 24.3 Å². The predicted octanol–water partition coefficient (Wildman–Crippen LogP) is 4.16. The third kappa shape index (κ3) is 3.27. The SMILES string of the molecule is Cc1ccc(CN(C)c2cccc(C#N)c2)c(Cl)c1. The zero-order chi connectivity index (χ0) is 13.8. The number of nitrogens with zero attached hydrogens (tertiary/aromatic N) is 2. The molecule has 0 unspecified atom stereocenters. The molecule has 2 aromatic carbocycles. The molecular weight excluding hydrogens is 256 g/mol. The molecule has 2 aromatic rings. The monoisotopic (exact) mass is 270 g/mol. The van der Waals surface area contributed by atoms with Crippen LogP contribution in [0.15, 0.2) is 42.5 Å². The van der Waals surface area contributed by atoms with Crippen LogP contribution in [0.3, 0.4) is 0 Å². The summed E-state index contributed by atoms with van der Waals surface area (Å²) in [6.45, 7) is 2.74. The highest BCUT2D eigenvalue weighted by atomic mass is 35.5. The fourth-order valence-electron chi connectivity index (χ4n) is 1.94. The maximum atomic E-state index is 8.92. The number of hydrogen-bond acceptors (Lipinski definition) is 2. The lowest BCUT2D eigenvalue weighted by Crippen LogP contribution is -2.16. The van der Waals surface area contributed by atoms with E-state index in [2.05, 4.69) is 17.0 Å². The van der Waals surface area contributed by atoms with Crippen LogP contribution in [0.5, 0.6) is 0 Å².